The van der Waals surface area contributed by atoms with E-state index in [1.165, 1.54) is 16.3 Å². The Kier molecular flexibility index (Phi) is 2.19. The maximum Gasteiger partial charge on any atom is 0.322 e. The van der Waals surface area contributed by atoms with Gasteiger partial charge < -0.3 is 5.32 Å². The number of imide groups is 1. The first-order chi connectivity index (χ1) is 9.71. The van der Waals surface area contributed by atoms with E-state index in [4.69, 9.17) is 0 Å². The van der Waals surface area contributed by atoms with Gasteiger partial charge in [0.05, 0.1) is 0 Å². The highest BCUT2D eigenvalue weighted by Crippen LogP contribution is 2.40. The number of hydrogen-bond donors (Lipinski definition) is 2. The van der Waals surface area contributed by atoms with Crippen molar-refractivity contribution in [3.63, 3.8) is 0 Å². The minimum atomic E-state index is -0.866. The van der Waals surface area contributed by atoms with Crippen LogP contribution in [0.4, 0.5) is 4.79 Å². The predicted octanol–water partition coefficient (Wildman–Crippen LogP) is 2.21. The van der Waals surface area contributed by atoms with Gasteiger partial charge in [0.15, 0.2) is 0 Å². The zero-order valence-electron chi connectivity index (χ0n) is 10.9. The summed E-state index contributed by atoms with van der Waals surface area (Å²) in [7, 11) is 0. The van der Waals surface area contributed by atoms with Crippen molar-refractivity contribution < 1.29 is 9.59 Å². The molecule has 1 aliphatic carbocycles. The molecular formula is C16H14N2O2. The van der Waals surface area contributed by atoms with E-state index in [2.05, 4.69) is 22.8 Å². The Bertz CT molecular complexity index is 753. The number of amides is 3. The number of fused-ring (bicyclic) bond motifs is 4. The van der Waals surface area contributed by atoms with E-state index in [0.717, 1.165) is 18.4 Å². The Labute approximate surface area is 116 Å². The van der Waals surface area contributed by atoms with E-state index in [1.54, 1.807) is 0 Å². The van der Waals surface area contributed by atoms with Gasteiger partial charge in [-0.3, -0.25) is 10.1 Å². The number of rotatable bonds is 0. The first kappa shape index (κ1) is 11.5. The topological polar surface area (TPSA) is 58.2 Å². The summed E-state index contributed by atoms with van der Waals surface area (Å²) in [5, 5.41) is 7.57. The second kappa shape index (κ2) is 3.82. The van der Waals surface area contributed by atoms with Crippen molar-refractivity contribution in [1.29, 1.82) is 0 Å². The van der Waals surface area contributed by atoms with Gasteiger partial charge in [-0.2, -0.15) is 0 Å². The Hall–Kier alpha value is -2.36. The van der Waals surface area contributed by atoms with Crippen LogP contribution < -0.4 is 10.6 Å². The normalized spacial score (nSPS) is 24.6. The third-order valence-corrected chi connectivity index (χ3v) is 4.42. The van der Waals surface area contributed by atoms with Crippen molar-refractivity contribution in [3.8, 4) is 0 Å². The highest BCUT2D eigenvalue weighted by atomic mass is 16.2. The van der Waals surface area contributed by atoms with Crippen LogP contribution in [0.25, 0.3) is 10.8 Å². The SMILES string of the molecule is O=C1NC(=O)C2(CCCc3c2ccc2ccccc32)N1. The molecule has 0 aromatic heterocycles. The van der Waals surface area contributed by atoms with Crippen LogP contribution in [0, 0.1) is 0 Å². The lowest BCUT2D eigenvalue weighted by Crippen LogP contribution is -2.46. The smallest absolute Gasteiger partial charge is 0.319 e. The van der Waals surface area contributed by atoms with Crippen LogP contribution in [-0.4, -0.2) is 11.9 Å². The Morgan fingerprint density at radius 1 is 1.05 bits per heavy atom. The third-order valence-electron chi connectivity index (χ3n) is 4.42. The van der Waals surface area contributed by atoms with Crippen molar-refractivity contribution in [2.75, 3.05) is 0 Å². The molecule has 1 saturated heterocycles. The number of benzene rings is 2. The summed E-state index contributed by atoms with van der Waals surface area (Å²) >= 11 is 0. The lowest BCUT2D eigenvalue weighted by molar-refractivity contribution is -0.124. The van der Waals surface area contributed by atoms with Crippen molar-refractivity contribution in [3.05, 3.63) is 47.5 Å². The van der Waals surface area contributed by atoms with Crippen LogP contribution in [0.1, 0.15) is 24.0 Å². The molecule has 1 fully saturated rings. The molecule has 1 heterocycles. The van der Waals surface area contributed by atoms with Gasteiger partial charge in [0.25, 0.3) is 5.91 Å². The van der Waals surface area contributed by atoms with E-state index in [9.17, 15) is 9.59 Å². The zero-order chi connectivity index (χ0) is 13.7. The van der Waals surface area contributed by atoms with E-state index in [-0.39, 0.29) is 5.91 Å². The van der Waals surface area contributed by atoms with Crippen LogP contribution in [0.3, 0.4) is 0 Å². The van der Waals surface area contributed by atoms with Gasteiger partial charge in [-0.05, 0) is 41.2 Å². The van der Waals surface area contributed by atoms with Gasteiger partial charge in [-0.15, -0.1) is 0 Å². The summed E-state index contributed by atoms with van der Waals surface area (Å²) in [6.07, 6.45) is 2.51. The fourth-order valence-electron chi connectivity index (χ4n) is 3.53. The minimum absolute atomic E-state index is 0.223. The highest BCUT2D eigenvalue weighted by molar-refractivity contribution is 6.08. The number of nitrogens with one attached hydrogen (secondary N) is 2. The summed E-state index contributed by atoms with van der Waals surface area (Å²) in [5.41, 5.74) is 1.27. The molecule has 2 aromatic carbocycles. The van der Waals surface area contributed by atoms with Crippen LogP contribution in [0.2, 0.25) is 0 Å². The Morgan fingerprint density at radius 3 is 2.70 bits per heavy atom. The summed E-state index contributed by atoms with van der Waals surface area (Å²) in [6.45, 7) is 0. The van der Waals surface area contributed by atoms with Crippen molar-refractivity contribution >= 4 is 22.7 Å². The Morgan fingerprint density at radius 2 is 1.90 bits per heavy atom. The number of hydrogen-bond acceptors (Lipinski definition) is 2. The molecule has 100 valence electrons. The molecular weight excluding hydrogens is 252 g/mol. The summed E-state index contributed by atoms with van der Waals surface area (Å²) in [4.78, 5) is 23.8. The van der Waals surface area contributed by atoms with Gasteiger partial charge in [0.1, 0.15) is 5.54 Å². The predicted molar refractivity (Wildman–Crippen MR) is 75.2 cm³/mol. The van der Waals surface area contributed by atoms with Gasteiger partial charge in [-0.25, -0.2) is 4.79 Å². The summed E-state index contributed by atoms with van der Waals surface area (Å²) in [6, 6.07) is 11.8. The molecule has 4 rings (SSSR count). The van der Waals surface area contributed by atoms with Crippen LogP contribution in [0.15, 0.2) is 36.4 Å². The van der Waals surface area contributed by atoms with Gasteiger partial charge in [0.2, 0.25) is 0 Å². The van der Waals surface area contributed by atoms with E-state index in [1.807, 2.05) is 24.3 Å². The van der Waals surface area contributed by atoms with Crippen LogP contribution in [0.5, 0.6) is 0 Å². The second-order valence-electron chi connectivity index (χ2n) is 5.48. The highest BCUT2D eigenvalue weighted by Gasteiger charge is 2.49. The minimum Gasteiger partial charge on any atom is -0.319 e. The molecule has 1 unspecified atom stereocenters. The first-order valence-electron chi connectivity index (χ1n) is 6.85. The molecule has 0 radical (unpaired) electrons. The summed E-state index contributed by atoms with van der Waals surface area (Å²) in [5.74, 6) is -0.223. The standard InChI is InChI=1S/C16H14N2O2/c19-14-16(18-15(20)17-14)9-3-6-12-11-5-2-1-4-10(11)7-8-13(12)16/h1-2,4-5,7-8H,3,6,9H2,(H2,17,18,19,20). The third kappa shape index (κ3) is 1.36. The number of carbonyl (C=O) groups is 2. The zero-order valence-corrected chi connectivity index (χ0v) is 10.9. The van der Waals surface area contributed by atoms with Crippen molar-refractivity contribution in [2.45, 2.75) is 24.8 Å². The van der Waals surface area contributed by atoms with Crippen molar-refractivity contribution in [1.82, 2.24) is 10.6 Å². The van der Waals surface area contributed by atoms with Gasteiger partial charge >= 0.3 is 6.03 Å². The lowest BCUT2D eigenvalue weighted by atomic mass is 9.75. The van der Waals surface area contributed by atoms with Crippen molar-refractivity contribution in [2.24, 2.45) is 0 Å². The fraction of sp³-hybridized carbons (Fsp3) is 0.250. The molecule has 4 nitrogen and oxygen atoms in total. The molecule has 4 heteroatoms. The van der Waals surface area contributed by atoms with Gasteiger partial charge in [0, 0.05) is 0 Å². The van der Waals surface area contributed by atoms with E-state index < -0.39 is 11.6 Å². The number of aryl methyl sites for hydroxylation is 1. The second-order valence-corrected chi connectivity index (χ2v) is 5.48. The molecule has 0 bridgehead atoms. The van der Waals surface area contributed by atoms with E-state index >= 15 is 0 Å². The quantitative estimate of drug-likeness (QED) is 0.718. The average molecular weight is 266 g/mol. The molecule has 0 saturated carbocycles. The number of urea groups is 1. The summed E-state index contributed by atoms with van der Waals surface area (Å²) < 4.78 is 0. The number of carbonyl (C=O) groups excluding carboxylic acids is 2. The maximum atomic E-state index is 12.3. The van der Waals surface area contributed by atoms with Crippen LogP contribution in [-0.2, 0) is 16.8 Å². The first-order valence-corrected chi connectivity index (χ1v) is 6.85. The Balaban J connectivity index is 2.01. The molecule has 1 spiro atoms. The van der Waals surface area contributed by atoms with E-state index in [0.29, 0.717) is 6.42 Å². The molecule has 3 amide bonds. The largest absolute Gasteiger partial charge is 0.322 e. The van der Waals surface area contributed by atoms with Gasteiger partial charge in [-0.1, -0.05) is 36.4 Å². The molecule has 2 aliphatic rings. The maximum absolute atomic E-state index is 12.3. The molecule has 1 aliphatic heterocycles. The molecule has 1 atom stereocenters. The monoisotopic (exact) mass is 266 g/mol. The van der Waals surface area contributed by atoms with Crippen LogP contribution >= 0.6 is 0 Å². The average Bonchev–Trinajstić information content (AvgIpc) is 2.74. The fourth-order valence-corrected chi connectivity index (χ4v) is 3.53. The molecule has 20 heavy (non-hydrogen) atoms. The lowest BCUT2D eigenvalue weighted by Gasteiger charge is -2.33. The molecule has 2 N–H and O–H groups in total. The molecule has 2 aromatic rings.